The zero-order valence-electron chi connectivity index (χ0n) is 8.06. The normalized spacial score (nSPS) is 13.2. The molecule has 0 saturated carbocycles. The van der Waals surface area contributed by atoms with Crippen molar-refractivity contribution in [1.29, 1.82) is 0 Å². The predicted molar refractivity (Wildman–Crippen MR) is 45.1 cm³/mol. The lowest BCUT2D eigenvalue weighted by atomic mass is 9.82. The van der Waals surface area contributed by atoms with Crippen LogP contribution in [0.1, 0.15) is 34.6 Å². The molecule has 0 aliphatic carbocycles. The van der Waals surface area contributed by atoms with Crippen LogP contribution in [0, 0.1) is 11.8 Å². The molecule has 0 N–H and O–H groups in total. The van der Waals surface area contributed by atoms with Gasteiger partial charge in [0.2, 0.25) is 0 Å². The zero-order chi connectivity index (χ0) is 8.36. The smallest absolute Gasteiger partial charge is 0.0696 e. The summed E-state index contributed by atoms with van der Waals surface area (Å²) in [4.78, 5) is 0. The first kappa shape index (κ1) is 9.96. The third-order valence-corrected chi connectivity index (χ3v) is 2.73. The van der Waals surface area contributed by atoms with Gasteiger partial charge in [-0.1, -0.05) is 27.7 Å². The molecule has 1 nitrogen and oxygen atoms in total. The first-order valence-electron chi connectivity index (χ1n) is 4.00. The first-order valence-corrected chi connectivity index (χ1v) is 4.00. The van der Waals surface area contributed by atoms with Crippen LogP contribution in [0.25, 0.3) is 0 Å². The van der Waals surface area contributed by atoms with Crippen molar-refractivity contribution in [1.82, 2.24) is 0 Å². The second kappa shape index (κ2) is 3.38. The van der Waals surface area contributed by atoms with Crippen molar-refractivity contribution in [3.63, 3.8) is 0 Å². The summed E-state index contributed by atoms with van der Waals surface area (Å²) in [7, 11) is 1.79. The largest absolute Gasteiger partial charge is 0.378 e. The molecule has 0 aromatic rings. The van der Waals surface area contributed by atoms with Crippen molar-refractivity contribution in [3.05, 3.63) is 0 Å². The third kappa shape index (κ3) is 1.72. The second-order valence-electron chi connectivity index (χ2n) is 3.70. The molecule has 0 aliphatic heterocycles. The predicted octanol–water partition coefficient (Wildman–Crippen LogP) is 2.70. The van der Waals surface area contributed by atoms with Crippen LogP contribution in [0.5, 0.6) is 0 Å². The highest BCUT2D eigenvalue weighted by atomic mass is 16.5. The molecule has 0 radical (unpaired) electrons. The molecule has 62 valence electrons. The van der Waals surface area contributed by atoms with Crippen molar-refractivity contribution >= 4 is 0 Å². The molecule has 0 spiro atoms. The minimum absolute atomic E-state index is 0.0417. The lowest BCUT2D eigenvalue weighted by molar-refractivity contribution is -0.0677. The summed E-state index contributed by atoms with van der Waals surface area (Å²) in [6, 6.07) is 0. The Balaban J connectivity index is 4.23. The molecule has 0 aliphatic rings. The SMILES string of the molecule is COC(C)(C(C)C)C(C)C. The van der Waals surface area contributed by atoms with Crippen LogP contribution in [-0.4, -0.2) is 12.7 Å². The van der Waals surface area contributed by atoms with Crippen LogP contribution in [0.3, 0.4) is 0 Å². The Labute approximate surface area is 64.8 Å². The molecule has 0 fully saturated rings. The van der Waals surface area contributed by atoms with Crippen molar-refractivity contribution in [2.75, 3.05) is 7.11 Å². The van der Waals surface area contributed by atoms with Gasteiger partial charge in [0.1, 0.15) is 0 Å². The number of hydrogen-bond donors (Lipinski definition) is 0. The molecule has 1 heteroatoms. The van der Waals surface area contributed by atoms with Gasteiger partial charge in [0.15, 0.2) is 0 Å². The van der Waals surface area contributed by atoms with Gasteiger partial charge in [0, 0.05) is 7.11 Å². The Kier molecular flexibility index (Phi) is 3.37. The molecule has 0 aromatic heterocycles. The van der Waals surface area contributed by atoms with Crippen LogP contribution >= 0.6 is 0 Å². The quantitative estimate of drug-likeness (QED) is 0.591. The molecule has 0 atom stereocenters. The minimum atomic E-state index is 0.0417. The van der Waals surface area contributed by atoms with E-state index in [1.807, 2.05) is 0 Å². The molecule has 0 unspecified atom stereocenters. The average molecular weight is 144 g/mol. The Morgan fingerprint density at radius 1 is 1.00 bits per heavy atom. The van der Waals surface area contributed by atoms with Gasteiger partial charge in [0.05, 0.1) is 5.60 Å². The number of hydrogen-bond acceptors (Lipinski definition) is 1. The fourth-order valence-electron chi connectivity index (χ4n) is 1.14. The topological polar surface area (TPSA) is 9.23 Å². The minimum Gasteiger partial charge on any atom is -0.378 e. The van der Waals surface area contributed by atoms with Crippen LogP contribution in [-0.2, 0) is 4.74 Å². The van der Waals surface area contributed by atoms with Gasteiger partial charge < -0.3 is 4.74 Å². The summed E-state index contributed by atoms with van der Waals surface area (Å²) >= 11 is 0. The summed E-state index contributed by atoms with van der Waals surface area (Å²) in [6.07, 6.45) is 0. The molecule has 10 heavy (non-hydrogen) atoms. The fourth-order valence-corrected chi connectivity index (χ4v) is 1.14. The van der Waals surface area contributed by atoms with Gasteiger partial charge in [0.25, 0.3) is 0 Å². The van der Waals surface area contributed by atoms with Crippen molar-refractivity contribution in [3.8, 4) is 0 Å². The molecule has 0 saturated heterocycles. The Morgan fingerprint density at radius 2 is 1.30 bits per heavy atom. The third-order valence-electron chi connectivity index (χ3n) is 2.73. The van der Waals surface area contributed by atoms with E-state index in [1.54, 1.807) is 7.11 Å². The number of rotatable bonds is 3. The van der Waals surface area contributed by atoms with E-state index in [4.69, 9.17) is 4.74 Å². The van der Waals surface area contributed by atoms with Crippen LogP contribution in [0.15, 0.2) is 0 Å². The van der Waals surface area contributed by atoms with Crippen LogP contribution in [0.4, 0.5) is 0 Å². The monoisotopic (exact) mass is 144 g/mol. The standard InChI is InChI=1S/C9H20O/c1-7(2)9(5,10-6)8(3)4/h7-8H,1-6H3. The van der Waals surface area contributed by atoms with E-state index in [-0.39, 0.29) is 5.60 Å². The van der Waals surface area contributed by atoms with Crippen LogP contribution < -0.4 is 0 Å². The summed E-state index contributed by atoms with van der Waals surface area (Å²) < 4.78 is 5.46. The van der Waals surface area contributed by atoms with Gasteiger partial charge in [-0.25, -0.2) is 0 Å². The van der Waals surface area contributed by atoms with Crippen molar-refractivity contribution in [2.45, 2.75) is 40.2 Å². The molecule has 0 amide bonds. The Morgan fingerprint density at radius 3 is 1.30 bits per heavy atom. The maximum atomic E-state index is 5.46. The van der Waals surface area contributed by atoms with Crippen molar-refractivity contribution < 1.29 is 4.74 Å². The number of ether oxygens (including phenoxy) is 1. The van der Waals surface area contributed by atoms with Gasteiger partial charge in [-0.3, -0.25) is 0 Å². The first-order chi connectivity index (χ1) is 4.45. The van der Waals surface area contributed by atoms with Crippen molar-refractivity contribution in [2.24, 2.45) is 11.8 Å². The molecular weight excluding hydrogens is 124 g/mol. The zero-order valence-corrected chi connectivity index (χ0v) is 8.06. The lowest BCUT2D eigenvalue weighted by Crippen LogP contribution is -2.39. The second-order valence-corrected chi connectivity index (χ2v) is 3.70. The maximum absolute atomic E-state index is 5.46. The van der Waals surface area contributed by atoms with Gasteiger partial charge >= 0.3 is 0 Å². The molecule has 0 aromatic carbocycles. The van der Waals surface area contributed by atoms with E-state index in [2.05, 4.69) is 34.6 Å². The van der Waals surface area contributed by atoms with Gasteiger partial charge in [-0.15, -0.1) is 0 Å². The molecule has 0 rings (SSSR count). The van der Waals surface area contributed by atoms with Crippen LogP contribution in [0.2, 0.25) is 0 Å². The average Bonchev–Trinajstić information content (AvgIpc) is 1.85. The van der Waals surface area contributed by atoms with E-state index < -0.39 is 0 Å². The van der Waals surface area contributed by atoms with E-state index in [1.165, 1.54) is 0 Å². The maximum Gasteiger partial charge on any atom is 0.0696 e. The lowest BCUT2D eigenvalue weighted by Gasteiger charge is -2.36. The molecule has 0 heterocycles. The molecular formula is C9H20O. The van der Waals surface area contributed by atoms with Gasteiger partial charge in [-0.2, -0.15) is 0 Å². The number of methoxy groups -OCH3 is 1. The highest BCUT2D eigenvalue weighted by molar-refractivity contribution is 4.81. The highest BCUT2D eigenvalue weighted by Gasteiger charge is 2.31. The van der Waals surface area contributed by atoms with E-state index in [9.17, 15) is 0 Å². The summed E-state index contributed by atoms with van der Waals surface area (Å²) in [5.41, 5.74) is 0.0417. The summed E-state index contributed by atoms with van der Waals surface area (Å²) in [5, 5.41) is 0. The summed E-state index contributed by atoms with van der Waals surface area (Å²) in [6.45, 7) is 11.0. The Hall–Kier alpha value is -0.0400. The van der Waals surface area contributed by atoms with E-state index in [0.29, 0.717) is 11.8 Å². The van der Waals surface area contributed by atoms with E-state index >= 15 is 0 Å². The fraction of sp³-hybridized carbons (Fsp3) is 1.00. The summed E-state index contributed by atoms with van der Waals surface area (Å²) in [5.74, 6) is 1.16. The Bertz CT molecular complexity index is 86.9. The van der Waals surface area contributed by atoms with E-state index in [0.717, 1.165) is 0 Å². The van der Waals surface area contributed by atoms with Gasteiger partial charge in [-0.05, 0) is 18.8 Å². The highest BCUT2D eigenvalue weighted by Crippen LogP contribution is 2.28. The molecule has 0 bridgehead atoms.